The van der Waals surface area contributed by atoms with Crippen LogP contribution in [0.15, 0.2) is 34.2 Å². The summed E-state index contributed by atoms with van der Waals surface area (Å²) in [5.41, 5.74) is 2.15. The molecule has 0 bridgehead atoms. The fraction of sp³-hybridized carbons (Fsp3) is 0.353. The van der Waals surface area contributed by atoms with Gasteiger partial charge in [-0.1, -0.05) is 35.5 Å². The molecule has 1 aliphatic rings. The number of thioether (sulfide) groups is 1. The number of aryl methyl sites for hydroxylation is 1. The van der Waals surface area contributed by atoms with Crippen LogP contribution >= 0.6 is 23.4 Å². The summed E-state index contributed by atoms with van der Waals surface area (Å²) >= 11 is 7.29. The first-order chi connectivity index (χ1) is 11.5. The van der Waals surface area contributed by atoms with Gasteiger partial charge < -0.3 is 10.3 Å². The van der Waals surface area contributed by atoms with E-state index in [1.807, 2.05) is 6.07 Å². The highest BCUT2D eigenvalue weighted by Gasteiger charge is 2.20. The largest absolute Gasteiger partial charge is 0.324 e. The first kappa shape index (κ1) is 17.0. The van der Waals surface area contributed by atoms with E-state index in [9.17, 15) is 9.59 Å². The highest BCUT2D eigenvalue weighted by molar-refractivity contribution is 8.00. The second kappa shape index (κ2) is 7.40. The standard InChI is InChI=1S/C17H18ClN3O2S/c1-10(15(22)19-14-9-5-3-7-12(14)18)24-17-20-13-8-4-2-6-11(13)16(23)21-17/h3,5,7,9-10H,2,4,6,8H2,1H3,(H,19,22)(H,20,21,23). The number of nitrogens with zero attached hydrogens (tertiary/aromatic N) is 1. The van der Waals surface area contributed by atoms with Crippen LogP contribution in [0.1, 0.15) is 31.0 Å². The van der Waals surface area contributed by atoms with E-state index in [1.165, 1.54) is 11.8 Å². The summed E-state index contributed by atoms with van der Waals surface area (Å²) in [6, 6.07) is 7.08. The number of carbonyl (C=O) groups excluding carboxylic acids is 1. The van der Waals surface area contributed by atoms with E-state index in [4.69, 9.17) is 11.6 Å². The summed E-state index contributed by atoms with van der Waals surface area (Å²) in [5.74, 6) is -0.187. The number of hydrogen-bond donors (Lipinski definition) is 2. The maximum atomic E-state index is 12.3. The number of rotatable bonds is 4. The second-order valence-electron chi connectivity index (χ2n) is 5.73. The molecule has 0 aliphatic heterocycles. The van der Waals surface area contributed by atoms with Crippen molar-refractivity contribution in [2.24, 2.45) is 0 Å². The number of aromatic amines is 1. The van der Waals surface area contributed by atoms with E-state index in [1.54, 1.807) is 25.1 Å². The summed E-state index contributed by atoms with van der Waals surface area (Å²) < 4.78 is 0. The summed E-state index contributed by atoms with van der Waals surface area (Å²) in [6.07, 6.45) is 3.69. The minimum atomic E-state index is -0.411. The highest BCUT2D eigenvalue weighted by atomic mass is 35.5. The molecule has 3 rings (SSSR count). The maximum Gasteiger partial charge on any atom is 0.254 e. The van der Waals surface area contributed by atoms with Crippen LogP contribution in [0.5, 0.6) is 0 Å². The van der Waals surface area contributed by atoms with Crippen molar-refractivity contribution in [1.82, 2.24) is 9.97 Å². The summed E-state index contributed by atoms with van der Waals surface area (Å²) in [4.78, 5) is 31.8. The third kappa shape index (κ3) is 3.82. The number of aromatic nitrogens is 2. The summed E-state index contributed by atoms with van der Waals surface area (Å²) in [6.45, 7) is 1.77. The Balaban J connectivity index is 1.71. The van der Waals surface area contributed by atoms with Crippen LogP contribution < -0.4 is 10.9 Å². The molecule has 1 aliphatic carbocycles. The van der Waals surface area contributed by atoms with Crippen molar-refractivity contribution in [3.63, 3.8) is 0 Å². The fourth-order valence-corrected chi connectivity index (χ4v) is 3.65. The van der Waals surface area contributed by atoms with Crippen molar-refractivity contribution in [1.29, 1.82) is 0 Å². The first-order valence-electron chi connectivity index (χ1n) is 7.88. The lowest BCUT2D eigenvalue weighted by Gasteiger charge is -2.16. The molecule has 0 fully saturated rings. The molecule has 7 heteroatoms. The average Bonchev–Trinajstić information content (AvgIpc) is 2.57. The minimum Gasteiger partial charge on any atom is -0.324 e. The third-order valence-corrected chi connectivity index (χ3v) is 5.27. The zero-order chi connectivity index (χ0) is 17.1. The smallest absolute Gasteiger partial charge is 0.254 e. The van der Waals surface area contributed by atoms with Crippen molar-refractivity contribution < 1.29 is 4.79 Å². The number of anilines is 1. The van der Waals surface area contributed by atoms with E-state index in [-0.39, 0.29) is 11.5 Å². The van der Waals surface area contributed by atoms with E-state index < -0.39 is 5.25 Å². The molecular formula is C17H18ClN3O2S. The van der Waals surface area contributed by atoms with Gasteiger partial charge in [-0.3, -0.25) is 9.59 Å². The summed E-state index contributed by atoms with van der Waals surface area (Å²) in [5, 5.41) is 3.36. The number of carbonyl (C=O) groups is 1. The zero-order valence-electron chi connectivity index (χ0n) is 13.3. The van der Waals surface area contributed by atoms with Crippen molar-refractivity contribution >= 4 is 35.0 Å². The minimum absolute atomic E-state index is 0.0825. The van der Waals surface area contributed by atoms with Crippen LogP contribution in [0.3, 0.4) is 0 Å². The van der Waals surface area contributed by atoms with Crippen LogP contribution in [0.4, 0.5) is 5.69 Å². The molecule has 126 valence electrons. The third-order valence-electron chi connectivity index (χ3n) is 3.96. The van der Waals surface area contributed by atoms with Gasteiger partial charge in [-0.15, -0.1) is 0 Å². The van der Waals surface area contributed by atoms with Gasteiger partial charge in [-0.25, -0.2) is 4.98 Å². The SMILES string of the molecule is CC(Sc1nc2c(c(=O)[nH]1)CCCC2)C(=O)Nc1ccccc1Cl. The Bertz CT molecular complexity index is 822. The first-order valence-corrected chi connectivity index (χ1v) is 9.14. The Morgan fingerprint density at radius 2 is 2.08 bits per heavy atom. The van der Waals surface area contributed by atoms with Gasteiger partial charge in [0.1, 0.15) is 0 Å². The number of halogens is 1. The molecule has 0 saturated carbocycles. The number of H-pyrrole nitrogens is 1. The second-order valence-corrected chi connectivity index (χ2v) is 7.47. The van der Waals surface area contributed by atoms with Gasteiger partial charge in [0.25, 0.3) is 5.56 Å². The molecule has 5 nitrogen and oxygen atoms in total. The van der Waals surface area contributed by atoms with Gasteiger partial charge in [0.2, 0.25) is 5.91 Å². The Hall–Kier alpha value is -1.79. The van der Waals surface area contributed by atoms with Gasteiger partial charge in [0, 0.05) is 5.56 Å². The molecule has 0 radical (unpaired) electrons. The van der Waals surface area contributed by atoms with E-state index in [0.717, 1.165) is 36.9 Å². The number of fused-ring (bicyclic) bond motifs is 1. The van der Waals surface area contributed by atoms with Crippen LogP contribution in [0.25, 0.3) is 0 Å². The molecule has 0 spiro atoms. The predicted octanol–water partition coefficient (Wildman–Crippen LogP) is 3.42. The van der Waals surface area contributed by atoms with Crippen LogP contribution in [0, 0.1) is 0 Å². The molecular weight excluding hydrogens is 346 g/mol. The molecule has 1 atom stereocenters. The van der Waals surface area contributed by atoms with Gasteiger partial charge in [0.15, 0.2) is 5.16 Å². The quantitative estimate of drug-likeness (QED) is 0.644. The number of para-hydroxylation sites is 1. The molecule has 24 heavy (non-hydrogen) atoms. The van der Waals surface area contributed by atoms with Gasteiger partial charge in [0.05, 0.1) is 21.7 Å². The maximum absolute atomic E-state index is 12.3. The fourth-order valence-electron chi connectivity index (χ4n) is 2.65. The Morgan fingerprint density at radius 3 is 2.88 bits per heavy atom. The van der Waals surface area contributed by atoms with Crippen molar-refractivity contribution in [2.45, 2.75) is 43.0 Å². The normalized spacial score (nSPS) is 14.8. The average molecular weight is 364 g/mol. The molecule has 1 aromatic carbocycles. The van der Waals surface area contributed by atoms with E-state index >= 15 is 0 Å². The van der Waals surface area contributed by atoms with Gasteiger partial charge in [-0.2, -0.15) is 0 Å². The van der Waals surface area contributed by atoms with E-state index in [2.05, 4.69) is 15.3 Å². The topological polar surface area (TPSA) is 74.8 Å². The number of hydrogen-bond acceptors (Lipinski definition) is 4. The Labute approximate surface area is 149 Å². The molecule has 1 amide bonds. The molecule has 1 unspecified atom stereocenters. The number of benzene rings is 1. The zero-order valence-corrected chi connectivity index (χ0v) is 14.8. The Kier molecular flexibility index (Phi) is 5.26. The summed E-state index contributed by atoms with van der Waals surface area (Å²) in [7, 11) is 0. The lowest BCUT2D eigenvalue weighted by molar-refractivity contribution is -0.115. The molecule has 2 N–H and O–H groups in total. The van der Waals surface area contributed by atoms with E-state index in [0.29, 0.717) is 15.9 Å². The Morgan fingerprint density at radius 1 is 1.33 bits per heavy atom. The molecule has 1 heterocycles. The highest BCUT2D eigenvalue weighted by Crippen LogP contribution is 2.25. The monoisotopic (exact) mass is 363 g/mol. The number of nitrogens with one attached hydrogen (secondary N) is 2. The van der Waals surface area contributed by atoms with Gasteiger partial charge in [-0.05, 0) is 44.7 Å². The number of amides is 1. The van der Waals surface area contributed by atoms with Crippen LogP contribution in [-0.2, 0) is 17.6 Å². The lowest BCUT2D eigenvalue weighted by atomic mass is 9.97. The van der Waals surface area contributed by atoms with Crippen LogP contribution in [-0.4, -0.2) is 21.1 Å². The van der Waals surface area contributed by atoms with Crippen LogP contribution in [0.2, 0.25) is 5.02 Å². The predicted molar refractivity (Wildman–Crippen MR) is 96.9 cm³/mol. The van der Waals surface area contributed by atoms with Gasteiger partial charge >= 0.3 is 0 Å². The molecule has 2 aromatic rings. The van der Waals surface area contributed by atoms with Crippen molar-refractivity contribution in [2.75, 3.05) is 5.32 Å². The molecule has 1 aromatic heterocycles. The molecule has 0 saturated heterocycles. The lowest BCUT2D eigenvalue weighted by Crippen LogP contribution is -2.25. The van der Waals surface area contributed by atoms with Crippen molar-refractivity contribution in [3.8, 4) is 0 Å². The van der Waals surface area contributed by atoms with Crippen molar-refractivity contribution in [3.05, 3.63) is 50.9 Å².